The molecule has 0 spiro atoms. The average Bonchev–Trinajstić information content (AvgIpc) is 3.03. The van der Waals surface area contributed by atoms with Gasteiger partial charge in [0.25, 0.3) is 0 Å². The minimum atomic E-state index is 0.632. The third kappa shape index (κ3) is 2.22. The van der Waals surface area contributed by atoms with E-state index < -0.39 is 0 Å². The van der Waals surface area contributed by atoms with Gasteiger partial charge in [-0.3, -0.25) is 10.00 Å². The van der Waals surface area contributed by atoms with Crippen molar-refractivity contribution < 1.29 is 0 Å². The minimum absolute atomic E-state index is 0.632. The van der Waals surface area contributed by atoms with Gasteiger partial charge >= 0.3 is 0 Å². The quantitative estimate of drug-likeness (QED) is 0.920. The van der Waals surface area contributed by atoms with Crippen LogP contribution >= 0.6 is 11.3 Å². The highest BCUT2D eigenvalue weighted by atomic mass is 32.1. The van der Waals surface area contributed by atoms with Crippen LogP contribution < -0.4 is 0 Å². The van der Waals surface area contributed by atoms with E-state index in [9.17, 15) is 0 Å². The highest BCUT2D eigenvalue weighted by Crippen LogP contribution is 2.29. The highest BCUT2D eigenvalue weighted by Gasteiger charge is 2.26. The fourth-order valence-corrected chi connectivity index (χ4v) is 3.70. The number of aromatic nitrogens is 2. The number of hydrogen-bond acceptors (Lipinski definition) is 3. The first-order valence-corrected chi connectivity index (χ1v) is 7.37. The van der Waals surface area contributed by atoms with Gasteiger partial charge in [0.2, 0.25) is 0 Å². The van der Waals surface area contributed by atoms with Crippen molar-refractivity contribution >= 4 is 11.3 Å². The van der Waals surface area contributed by atoms with E-state index in [0.29, 0.717) is 5.92 Å². The number of thiophene rings is 1. The summed E-state index contributed by atoms with van der Waals surface area (Å²) < 4.78 is 0. The van der Waals surface area contributed by atoms with Crippen LogP contribution in [-0.2, 0) is 6.54 Å². The minimum Gasteiger partial charge on any atom is -0.298 e. The predicted octanol–water partition coefficient (Wildman–Crippen LogP) is 3.08. The van der Waals surface area contributed by atoms with E-state index in [2.05, 4.69) is 40.4 Å². The highest BCUT2D eigenvalue weighted by molar-refractivity contribution is 7.10. The zero-order chi connectivity index (χ0) is 12.5. The Morgan fingerprint density at radius 2 is 2.33 bits per heavy atom. The molecular weight excluding hydrogens is 242 g/mol. The molecule has 3 nitrogen and oxygen atoms in total. The molecule has 1 N–H and O–H groups in total. The molecule has 1 atom stereocenters. The Labute approximate surface area is 112 Å². The Bertz CT molecular complexity index is 529. The molecule has 18 heavy (non-hydrogen) atoms. The normalized spacial score (nSPS) is 20.7. The molecule has 1 aliphatic rings. The number of H-pyrrole nitrogens is 1. The lowest BCUT2D eigenvalue weighted by Crippen LogP contribution is -2.19. The Hall–Kier alpha value is -1.13. The maximum Gasteiger partial charge on any atom is 0.0519 e. The molecular formula is C14H19N3S. The van der Waals surface area contributed by atoms with Gasteiger partial charge in [-0.15, -0.1) is 11.3 Å². The third-order valence-electron chi connectivity index (χ3n) is 3.88. The molecule has 1 aliphatic heterocycles. The van der Waals surface area contributed by atoms with Crippen LogP contribution in [0.25, 0.3) is 0 Å². The number of nitrogens with one attached hydrogen (secondary N) is 1. The Balaban J connectivity index is 1.66. The van der Waals surface area contributed by atoms with Gasteiger partial charge in [-0.05, 0) is 49.4 Å². The van der Waals surface area contributed by atoms with E-state index in [1.165, 1.54) is 34.7 Å². The maximum atomic E-state index is 4.14. The number of nitrogens with zero attached hydrogens (tertiary/aromatic N) is 2. The summed E-state index contributed by atoms with van der Waals surface area (Å²) in [5.74, 6) is 0.632. The lowest BCUT2D eigenvalue weighted by atomic mass is 10.0. The Morgan fingerprint density at radius 3 is 3.00 bits per heavy atom. The smallest absolute Gasteiger partial charge is 0.0519 e. The zero-order valence-corrected chi connectivity index (χ0v) is 11.8. The lowest BCUT2D eigenvalue weighted by Gasteiger charge is -2.15. The lowest BCUT2D eigenvalue weighted by molar-refractivity contribution is 0.328. The summed E-state index contributed by atoms with van der Waals surface area (Å²) in [5.41, 5.74) is 4.07. The summed E-state index contributed by atoms with van der Waals surface area (Å²) in [7, 11) is 0. The summed E-state index contributed by atoms with van der Waals surface area (Å²) in [6.45, 7) is 7.80. The summed E-state index contributed by atoms with van der Waals surface area (Å²) in [6.07, 6.45) is 3.18. The van der Waals surface area contributed by atoms with Crippen molar-refractivity contribution in [3.05, 3.63) is 39.3 Å². The summed E-state index contributed by atoms with van der Waals surface area (Å²) >= 11 is 1.88. The van der Waals surface area contributed by atoms with Crippen molar-refractivity contribution in [1.29, 1.82) is 0 Å². The predicted molar refractivity (Wildman–Crippen MR) is 75.0 cm³/mol. The van der Waals surface area contributed by atoms with Crippen molar-refractivity contribution in [3.63, 3.8) is 0 Å². The SMILES string of the molecule is Cc1cn[nH]c1C1CCN(Cc2sccc2C)C1. The van der Waals surface area contributed by atoms with Gasteiger partial charge < -0.3 is 0 Å². The summed E-state index contributed by atoms with van der Waals surface area (Å²) in [5, 5.41) is 9.50. The van der Waals surface area contributed by atoms with E-state index in [1.54, 1.807) is 0 Å². The van der Waals surface area contributed by atoms with Crippen LogP contribution in [0.2, 0.25) is 0 Å². The number of rotatable bonds is 3. The number of aromatic amines is 1. The molecule has 1 unspecified atom stereocenters. The van der Waals surface area contributed by atoms with Crippen LogP contribution in [0, 0.1) is 13.8 Å². The second kappa shape index (κ2) is 4.86. The third-order valence-corrected chi connectivity index (χ3v) is 4.89. The van der Waals surface area contributed by atoms with Crippen LogP contribution in [0.1, 0.15) is 34.0 Å². The Morgan fingerprint density at radius 1 is 1.44 bits per heavy atom. The summed E-state index contributed by atoms with van der Waals surface area (Å²) in [4.78, 5) is 4.07. The van der Waals surface area contributed by atoms with Crippen LogP contribution in [0.15, 0.2) is 17.6 Å². The molecule has 2 aromatic rings. The van der Waals surface area contributed by atoms with Gasteiger partial charge in [0.05, 0.1) is 6.20 Å². The fraction of sp³-hybridized carbons (Fsp3) is 0.500. The molecule has 0 bridgehead atoms. The molecule has 0 aliphatic carbocycles. The fourth-order valence-electron chi connectivity index (χ4n) is 2.75. The van der Waals surface area contributed by atoms with Crippen LogP contribution in [-0.4, -0.2) is 28.2 Å². The molecule has 1 saturated heterocycles. The van der Waals surface area contributed by atoms with E-state index in [1.807, 2.05) is 17.5 Å². The topological polar surface area (TPSA) is 31.9 Å². The number of likely N-dealkylation sites (tertiary alicyclic amines) is 1. The van der Waals surface area contributed by atoms with Gasteiger partial charge in [0.1, 0.15) is 0 Å². The molecule has 3 rings (SSSR count). The second-order valence-electron chi connectivity index (χ2n) is 5.21. The van der Waals surface area contributed by atoms with Crippen molar-refractivity contribution in [2.45, 2.75) is 32.7 Å². The van der Waals surface area contributed by atoms with Crippen LogP contribution in [0.5, 0.6) is 0 Å². The molecule has 0 aromatic carbocycles. The van der Waals surface area contributed by atoms with Gasteiger partial charge in [-0.1, -0.05) is 0 Å². The van der Waals surface area contributed by atoms with Crippen molar-refractivity contribution in [1.82, 2.24) is 15.1 Å². The molecule has 3 heterocycles. The molecule has 0 amide bonds. The molecule has 0 radical (unpaired) electrons. The molecule has 0 saturated carbocycles. The molecule has 1 fully saturated rings. The standard InChI is InChI=1S/C14H19N3S/c1-10-4-6-18-13(10)9-17-5-3-12(8-17)14-11(2)7-15-16-14/h4,6-7,12H,3,5,8-9H2,1-2H3,(H,15,16). The van der Waals surface area contributed by atoms with Crippen molar-refractivity contribution in [2.24, 2.45) is 0 Å². The van der Waals surface area contributed by atoms with Gasteiger partial charge in [-0.25, -0.2) is 0 Å². The van der Waals surface area contributed by atoms with E-state index in [-0.39, 0.29) is 0 Å². The van der Waals surface area contributed by atoms with Crippen molar-refractivity contribution in [2.75, 3.05) is 13.1 Å². The van der Waals surface area contributed by atoms with E-state index in [0.717, 1.165) is 13.1 Å². The van der Waals surface area contributed by atoms with Crippen LogP contribution in [0.3, 0.4) is 0 Å². The zero-order valence-electron chi connectivity index (χ0n) is 10.9. The average molecular weight is 261 g/mol. The summed E-state index contributed by atoms with van der Waals surface area (Å²) in [6, 6.07) is 2.21. The first kappa shape index (κ1) is 11.9. The van der Waals surface area contributed by atoms with Crippen molar-refractivity contribution in [3.8, 4) is 0 Å². The second-order valence-corrected chi connectivity index (χ2v) is 6.21. The Kier molecular flexibility index (Phi) is 3.22. The maximum absolute atomic E-state index is 4.14. The molecule has 4 heteroatoms. The van der Waals surface area contributed by atoms with E-state index in [4.69, 9.17) is 0 Å². The van der Waals surface area contributed by atoms with E-state index >= 15 is 0 Å². The molecule has 96 valence electrons. The number of aryl methyl sites for hydroxylation is 2. The number of hydrogen-bond donors (Lipinski definition) is 1. The molecule has 2 aromatic heterocycles. The van der Waals surface area contributed by atoms with Gasteiger partial charge in [0, 0.05) is 29.6 Å². The monoisotopic (exact) mass is 261 g/mol. The largest absolute Gasteiger partial charge is 0.298 e. The van der Waals surface area contributed by atoms with Gasteiger partial charge in [-0.2, -0.15) is 5.10 Å². The first-order chi connectivity index (χ1) is 8.74. The van der Waals surface area contributed by atoms with Gasteiger partial charge in [0.15, 0.2) is 0 Å². The first-order valence-electron chi connectivity index (χ1n) is 6.49. The van der Waals surface area contributed by atoms with Crippen LogP contribution in [0.4, 0.5) is 0 Å².